The van der Waals surface area contributed by atoms with Crippen molar-refractivity contribution in [2.45, 2.75) is 32.2 Å². The third-order valence-electron chi connectivity index (χ3n) is 7.73. The summed E-state index contributed by atoms with van der Waals surface area (Å²) in [5.41, 5.74) is 5.46. The molecule has 1 fully saturated rings. The van der Waals surface area contributed by atoms with Crippen molar-refractivity contribution in [3.63, 3.8) is 0 Å². The number of pyridine rings is 2. The summed E-state index contributed by atoms with van der Waals surface area (Å²) in [5.74, 6) is 0.381. The highest BCUT2D eigenvalue weighted by Gasteiger charge is 2.21. The molecule has 0 aliphatic heterocycles. The van der Waals surface area contributed by atoms with E-state index in [1.54, 1.807) is 36.7 Å². The molecule has 0 atom stereocenters. The number of aromatic amines is 2. The van der Waals surface area contributed by atoms with Crippen molar-refractivity contribution in [1.29, 1.82) is 0 Å². The lowest BCUT2D eigenvalue weighted by atomic mass is 10.0. The second kappa shape index (κ2) is 10.2. The van der Waals surface area contributed by atoms with E-state index in [1.165, 1.54) is 37.8 Å². The van der Waals surface area contributed by atoms with Gasteiger partial charge in [-0.2, -0.15) is 5.10 Å². The predicted molar refractivity (Wildman–Crippen MR) is 151 cm³/mol. The minimum atomic E-state index is -0.400. The molecule has 6 aromatic rings. The van der Waals surface area contributed by atoms with E-state index in [-0.39, 0.29) is 5.82 Å². The molecule has 7 rings (SSSR count). The lowest BCUT2D eigenvalue weighted by Gasteiger charge is -2.11. The Morgan fingerprint density at radius 1 is 0.925 bits per heavy atom. The predicted octanol–water partition coefficient (Wildman–Crippen LogP) is 6.79. The Bertz CT molecular complexity index is 1840. The molecule has 0 saturated heterocycles. The molecule has 4 heterocycles. The zero-order valence-corrected chi connectivity index (χ0v) is 21.7. The molecular formula is C31H27F2N7. The molecule has 9 heteroatoms. The fourth-order valence-corrected chi connectivity index (χ4v) is 5.73. The highest BCUT2D eigenvalue weighted by atomic mass is 19.1. The first-order chi connectivity index (χ1) is 19.6. The normalized spacial score (nSPS) is 14.1. The summed E-state index contributed by atoms with van der Waals surface area (Å²) in [5, 5.41) is 11.2. The van der Waals surface area contributed by atoms with Gasteiger partial charge >= 0.3 is 0 Å². The molecule has 7 nitrogen and oxygen atoms in total. The number of benzene rings is 2. The monoisotopic (exact) mass is 535 g/mol. The first-order valence-electron chi connectivity index (χ1n) is 13.6. The highest BCUT2D eigenvalue weighted by Crippen LogP contribution is 2.35. The number of rotatable bonds is 7. The number of H-pyrrole nitrogens is 2. The number of nitrogens with zero attached hydrogens (tertiary/aromatic N) is 4. The Morgan fingerprint density at radius 2 is 1.82 bits per heavy atom. The Balaban J connectivity index is 1.24. The van der Waals surface area contributed by atoms with Crippen molar-refractivity contribution in [2.24, 2.45) is 5.92 Å². The number of imidazole rings is 1. The molecule has 40 heavy (non-hydrogen) atoms. The van der Waals surface area contributed by atoms with Crippen LogP contribution < -0.4 is 5.32 Å². The molecule has 1 saturated carbocycles. The minimum Gasteiger partial charge on any atom is -0.336 e. The van der Waals surface area contributed by atoms with E-state index in [0.717, 1.165) is 18.0 Å². The summed E-state index contributed by atoms with van der Waals surface area (Å²) < 4.78 is 30.1. The molecule has 200 valence electrons. The van der Waals surface area contributed by atoms with Gasteiger partial charge in [0.2, 0.25) is 0 Å². The number of hydrogen-bond acceptors (Lipinski definition) is 5. The van der Waals surface area contributed by atoms with Crippen molar-refractivity contribution in [3.8, 4) is 33.9 Å². The third-order valence-corrected chi connectivity index (χ3v) is 7.73. The average Bonchev–Trinajstić information content (AvgIpc) is 3.73. The third kappa shape index (κ3) is 4.52. The maximum Gasteiger partial charge on any atom is 0.159 e. The van der Waals surface area contributed by atoms with E-state index in [9.17, 15) is 4.39 Å². The second-order valence-electron chi connectivity index (χ2n) is 10.4. The van der Waals surface area contributed by atoms with Gasteiger partial charge in [-0.25, -0.2) is 13.8 Å². The molecule has 1 aliphatic rings. The van der Waals surface area contributed by atoms with Gasteiger partial charge in [-0.1, -0.05) is 25.0 Å². The van der Waals surface area contributed by atoms with Crippen molar-refractivity contribution < 1.29 is 8.78 Å². The van der Waals surface area contributed by atoms with E-state index in [0.29, 0.717) is 62.4 Å². The molecule has 1 aliphatic carbocycles. The molecule has 0 bridgehead atoms. The van der Waals surface area contributed by atoms with Crippen LogP contribution in [0.2, 0.25) is 0 Å². The maximum absolute atomic E-state index is 16.2. The van der Waals surface area contributed by atoms with Crippen molar-refractivity contribution in [3.05, 3.63) is 84.3 Å². The standard InChI is InChI=1S/C31H27F2N7/c32-22-7-3-6-20(13-22)28-29-25(10-11-36-28)37-31(38-29)30-26-24(39-40-30)9-8-23(27(26)33)21-12-19(16-35-17-21)15-34-14-18-4-1-2-5-18/h3,6-13,16-18,34H,1-2,4-5,14-15H2,(H,37,38)(H,39,40). The fraction of sp³-hybridized carbons (Fsp3) is 0.226. The van der Waals surface area contributed by atoms with Crippen molar-refractivity contribution in [2.75, 3.05) is 6.54 Å². The Labute approximate surface area is 229 Å². The van der Waals surface area contributed by atoms with Gasteiger partial charge < -0.3 is 10.3 Å². The van der Waals surface area contributed by atoms with Gasteiger partial charge in [0.1, 0.15) is 22.8 Å². The molecular weight excluding hydrogens is 508 g/mol. The Morgan fingerprint density at radius 3 is 2.70 bits per heavy atom. The van der Waals surface area contributed by atoms with Crippen LogP contribution in [0.5, 0.6) is 0 Å². The highest BCUT2D eigenvalue weighted by molar-refractivity contribution is 5.98. The zero-order valence-electron chi connectivity index (χ0n) is 21.7. The summed E-state index contributed by atoms with van der Waals surface area (Å²) >= 11 is 0. The summed E-state index contributed by atoms with van der Waals surface area (Å²) in [6.07, 6.45) is 10.4. The number of aromatic nitrogens is 6. The summed E-state index contributed by atoms with van der Waals surface area (Å²) in [6, 6.07) is 13.5. The van der Waals surface area contributed by atoms with Gasteiger partial charge in [-0.3, -0.25) is 15.1 Å². The lowest BCUT2D eigenvalue weighted by molar-refractivity contribution is 0.489. The van der Waals surface area contributed by atoms with Gasteiger partial charge in [0.25, 0.3) is 0 Å². The molecule has 0 spiro atoms. The van der Waals surface area contributed by atoms with E-state index in [2.05, 4.69) is 30.5 Å². The van der Waals surface area contributed by atoms with E-state index < -0.39 is 5.82 Å². The summed E-state index contributed by atoms with van der Waals surface area (Å²) in [6.45, 7) is 1.69. The Kier molecular flexibility index (Phi) is 6.28. The van der Waals surface area contributed by atoms with Crippen LogP contribution >= 0.6 is 0 Å². The van der Waals surface area contributed by atoms with Gasteiger partial charge in [0.05, 0.1) is 22.1 Å². The smallest absolute Gasteiger partial charge is 0.159 e. The largest absolute Gasteiger partial charge is 0.336 e. The van der Waals surface area contributed by atoms with Crippen LogP contribution in [-0.2, 0) is 6.54 Å². The first kappa shape index (κ1) is 24.5. The van der Waals surface area contributed by atoms with Gasteiger partial charge in [-0.15, -0.1) is 0 Å². The quantitative estimate of drug-likeness (QED) is 0.209. The van der Waals surface area contributed by atoms with E-state index in [1.807, 2.05) is 18.3 Å². The average molecular weight is 536 g/mol. The maximum atomic E-state index is 16.2. The molecule has 0 radical (unpaired) electrons. The van der Waals surface area contributed by atoms with E-state index in [4.69, 9.17) is 4.98 Å². The second-order valence-corrected chi connectivity index (χ2v) is 10.4. The molecule has 2 aromatic carbocycles. The summed E-state index contributed by atoms with van der Waals surface area (Å²) in [7, 11) is 0. The lowest BCUT2D eigenvalue weighted by Crippen LogP contribution is -2.20. The van der Waals surface area contributed by atoms with Gasteiger partial charge in [-0.05, 0) is 67.3 Å². The number of halogens is 2. The van der Waals surface area contributed by atoms with Crippen LogP contribution in [-0.4, -0.2) is 36.7 Å². The van der Waals surface area contributed by atoms with Crippen LogP contribution in [0.4, 0.5) is 8.78 Å². The fourth-order valence-electron chi connectivity index (χ4n) is 5.73. The number of nitrogens with one attached hydrogen (secondary N) is 3. The van der Waals surface area contributed by atoms with Crippen LogP contribution in [0.3, 0.4) is 0 Å². The Hall–Kier alpha value is -4.50. The molecule has 0 unspecified atom stereocenters. The van der Waals surface area contributed by atoms with Crippen molar-refractivity contribution in [1.82, 2.24) is 35.5 Å². The molecule has 3 N–H and O–H groups in total. The van der Waals surface area contributed by atoms with Gasteiger partial charge in [0, 0.05) is 41.8 Å². The topological polar surface area (TPSA) is 95.2 Å². The minimum absolute atomic E-state index is 0.335. The van der Waals surface area contributed by atoms with Crippen LogP contribution in [0.25, 0.3) is 55.8 Å². The summed E-state index contributed by atoms with van der Waals surface area (Å²) in [4.78, 5) is 16.8. The number of hydrogen-bond donors (Lipinski definition) is 3. The number of fused-ring (bicyclic) bond motifs is 2. The van der Waals surface area contributed by atoms with Gasteiger partial charge in [0.15, 0.2) is 5.82 Å². The van der Waals surface area contributed by atoms with Crippen LogP contribution in [0, 0.1) is 17.6 Å². The zero-order chi connectivity index (χ0) is 27.1. The van der Waals surface area contributed by atoms with Crippen molar-refractivity contribution >= 4 is 21.9 Å². The molecule has 4 aromatic heterocycles. The van der Waals surface area contributed by atoms with E-state index >= 15 is 4.39 Å². The van der Waals surface area contributed by atoms with Crippen LogP contribution in [0.15, 0.2) is 67.1 Å². The van der Waals surface area contributed by atoms with Crippen LogP contribution in [0.1, 0.15) is 31.2 Å². The molecule has 0 amide bonds. The SMILES string of the molecule is Fc1cccc(-c2nccc3[nH]c(-c4n[nH]c5ccc(-c6cncc(CNCC7CCCC7)c6)c(F)c45)nc23)c1. The first-order valence-corrected chi connectivity index (χ1v) is 13.6.